The van der Waals surface area contributed by atoms with Gasteiger partial charge in [0, 0.05) is 31.1 Å². The molecule has 0 aromatic heterocycles. The molecular weight excluding hydrogens is 452 g/mol. The minimum atomic E-state index is -0.869. The van der Waals surface area contributed by atoms with E-state index in [2.05, 4.69) is 34.6 Å². The van der Waals surface area contributed by atoms with Gasteiger partial charge in [0.1, 0.15) is 23.1 Å². The Bertz CT molecular complexity index is 922. The average molecular weight is 503 g/mol. The van der Waals surface area contributed by atoms with Gasteiger partial charge in [0.15, 0.2) is 0 Å². The van der Waals surface area contributed by atoms with Gasteiger partial charge in [0.25, 0.3) is 0 Å². The maximum absolute atomic E-state index is 12.3. The van der Waals surface area contributed by atoms with E-state index < -0.39 is 11.2 Å². The second kappa shape index (κ2) is 8.28. The molecule has 0 radical (unpaired) electrons. The number of aliphatic hydroxyl groups is 1. The Morgan fingerprint density at radius 1 is 1.06 bits per heavy atom. The fourth-order valence-corrected chi connectivity index (χ4v) is 10.5. The fraction of sp³-hybridized carbons (Fsp3) is 0.935. The first-order valence-electron chi connectivity index (χ1n) is 14.7. The second-order valence-corrected chi connectivity index (χ2v) is 14.8. The van der Waals surface area contributed by atoms with E-state index in [1.807, 2.05) is 13.8 Å². The van der Waals surface area contributed by atoms with Gasteiger partial charge in [0.05, 0.1) is 5.60 Å². The molecule has 204 valence electrons. The van der Waals surface area contributed by atoms with Gasteiger partial charge in [-0.2, -0.15) is 0 Å². The first kappa shape index (κ1) is 26.7. The van der Waals surface area contributed by atoms with Crippen molar-refractivity contribution in [2.24, 2.45) is 46.3 Å². The number of ether oxygens (including phenoxy) is 2. The van der Waals surface area contributed by atoms with Gasteiger partial charge in [-0.25, -0.2) is 0 Å². The van der Waals surface area contributed by atoms with Gasteiger partial charge in [-0.1, -0.05) is 27.7 Å². The van der Waals surface area contributed by atoms with Gasteiger partial charge < -0.3 is 14.6 Å². The number of epoxide rings is 1. The van der Waals surface area contributed by atoms with Crippen molar-refractivity contribution in [3.63, 3.8) is 0 Å². The third-order valence-electron chi connectivity index (χ3n) is 13.0. The molecule has 0 bridgehead atoms. The number of ketones is 1. The molecule has 5 rings (SSSR count). The first-order chi connectivity index (χ1) is 16.6. The molecule has 5 fully saturated rings. The number of carbonyl (C=O) groups excluding carboxylic acids is 2. The molecule has 4 saturated carbocycles. The molecule has 5 nitrogen and oxygen atoms in total. The predicted octanol–water partition coefficient (Wildman–Crippen LogP) is 6.10. The molecule has 11 unspecified atom stereocenters. The zero-order chi connectivity index (χ0) is 26.5. The highest BCUT2D eigenvalue weighted by Crippen LogP contribution is 2.76. The molecule has 0 aromatic rings. The van der Waals surface area contributed by atoms with Crippen molar-refractivity contribution in [3.05, 3.63) is 0 Å². The minimum Gasteiger partial charge on any atom is -0.459 e. The zero-order valence-corrected chi connectivity index (χ0v) is 24.0. The standard InChI is InChI=1S/C31H50O5/c1-18(19(2)27(4,5)34)26(35-20(3)32)30(8)31(36-30)16-13-25-23-10-9-21-17-22(33)11-14-28(21,6)24(23)12-15-29(25,31)7/h18-19,21,23-26,34H,9-17H2,1-8H3. The van der Waals surface area contributed by atoms with E-state index in [9.17, 15) is 14.7 Å². The number of carbonyl (C=O) groups is 2. The molecule has 5 aliphatic rings. The number of hydrogen-bond donors (Lipinski definition) is 1. The summed E-state index contributed by atoms with van der Waals surface area (Å²) in [6.07, 6.45) is 9.24. The molecule has 0 amide bonds. The Morgan fingerprint density at radius 2 is 1.72 bits per heavy atom. The normalized spacial score (nSPS) is 48.4. The summed E-state index contributed by atoms with van der Waals surface area (Å²) in [6.45, 7) is 16.5. The lowest BCUT2D eigenvalue weighted by Crippen LogP contribution is -2.56. The molecule has 4 aliphatic carbocycles. The predicted molar refractivity (Wildman–Crippen MR) is 139 cm³/mol. The monoisotopic (exact) mass is 502 g/mol. The molecular formula is C31H50O5. The van der Waals surface area contributed by atoms with Crippen LogP contribution in [0.1, 0.15) is 113 Å². The van der Waals surface area contributed by atoms with Gasteiger partial charge in [-0.15, -0.1) is 0 Å². The Balaban J connectivity index is 1.43. The molecule has 0 aromatic carbocycles. The number of esters is 1. The fourth-order valence-electron chi connectivity index (χ4n) is 10.5. The van der Waals surface area contributed by atoms with Crippen LogP contribution >= 0.6 is 0 Å². The summed E-state index contributed by atoms with van der Waals surface area (Å²) < 4.78 is 13.0. The highest BCUT2D eigenvalue weighted by atomic mass is 16.7. The van der Waals surface area contributed by atoms with Crippen molar-refractivity contribution in [2.45, 2.75) is 136 Å². The Hall–Kier alpha value is -0.940. The quantitative estimate of drug-likeness (QED) is 0.363. The molecule has 1 saturated heterocycles. The van der Waals surface area contributed by atoms with Crippen LogP contribution in [0.3, 0.4) is 0 Å². The molecule has 1 heterocycles. The van der Waals surface area contributed by atoms with E-state index in [-0.39, 0.29) is 34.9 Å². The highest BCUT2D eigenvalue weighted by Gasteiger charge is 2.83. The number of hydrogen-bond acceptors (Lipinski definition) is 5. The molecule has 5 heteroatoms. The van der Waals surface area contributed by atoms with Crippen molar-refractivity contribution in [1.82, 2.24) is 0 Å². The SMILES string of the molecule is CC(=O)OC(C(C)C(C)C(C)(C)O)C1(C)OC12CCC1C3CCC4CC(=O)CCC4(C)C3CCC12C. The van der Waals surface area contributed by atoms with Crippen LogP contribution in [0.4, 0.5) is 0 Å². The maximum atomic E-state index is 12.3. The molecule has 36 heavy (non-hydrogen) atoms. The molecule has 1 spiro atoms. The van der Waals surface area contributed by atoms with E-state index in [4.69, 9.17) is 9.47 Å². The third kappa shape index (κ3) is 3.53. The van der Waals surface area contributed by atoms with E-state index in [1.54, 1.807) is 0 Å². The van der Waals surface area contributed by atoms with Crippen molar-refractivity contribution in [3.8, 4) is 0 Å². The van der Waals surface area contributed by atoms with Crippen LogP contribution in [0.5, 0.6) is 0 Å². The number of fused-ring (bicyclic) bond motifs is 6. The van der Waals surface area contributed by atoms with Crippen molar-refractivity contribution < 1.29 is 24.2 Å². The molecule has 1 aliphatic heterocycles. The van der Waals surface area contributed by atoms with Gasteiger partial charge in [-0.05, 0) is 101 Å². The second-order valence-electron chi connectivity index (χ2n) is 14.8. The average Bonchev–Trinajstić information content (AvgIpc) is 3.30. The number of rotatable bonds is 5. The van der Waals surface area contributed by atoms with Crippen LogP contribution in [0, 0.1) is 46.3 Å². The van der Waals surface area contributed by atoms with Gasteiger partial charge in [-0.3, -0.25) is 9.59 Å². The minimum absolute atomic E-state index is 0.0358. The van der Waals surface area contributed by atoms with Crippen LogP contribution < -0.4 is 0 Å². The van der Waals surface area contributed by atoms with Gasteiger partial charge in [0.2, 0.25) is 0 Å². The van der Waals surface area contributed by atoms with E-state index in [0.29, 0.717) is 34.9 Å². The van der Waals surface area contributed by atoms with Gasteiger partial charge >= 0.3 is 5.97 Å². The van der Waals surface area contributed by atoms with E-state index in [1.165, 1.54) is 32.6 Å². The van der Waals surface area contributed by atoms with E-state index in [0.717, 1.165) is 32.1 Å². The summed E-state index contributed by atoms with van der Waals surface area (Å²) in [5.41, 5.74) is -1.31. The maximum Gasteiger partial charge on any atom is 0.303 e. The summed E-state index contributed by atoms with van der Waals surface area (Å²) in [6, 6.07) is 0. The molecule has 11 atom stereocenters. The van der Waals surface area contributed by atoms with Crippen molar-refractivity contribution >= 4 is 11.8 Å². The largest absolute Gasteiger partial charge is 0.459 e. The van der Waals surface area contributed by atoms with Crippen LogP contribution in [-0.2, 0) is 19.1 Å². The van der Waals surface area contributed by atoms with Crippen LogP contribution in [-0.4, -0.2) is 39.8 Å². The third-order valence-corrected chi connectivity index (χ3v) is 13.0. The van der Waals surface area contributed by atoms with Crippen LogP contribution in [0.25, 0.3) is 0 Å². The Morgan fingerprint density at radius 3 is 2.36 bits per heavy atom. The first-order valence-corrected chi connectivity index (χ1v) is 14.7. The summed E-state index contributed by atoms with van der Waals surface area (Å²) in [5.74, 6) is 2.71. The topological polar surface area (TPSA) is 76.1 Å². The van der Waals surface area contributed by atoms with Crippen molar-refractivity contribution in [2.75, 3.05) is 0 Å². The highest BCUT2D eigenvalue weighted by molar-refractivity contribution is 5.79. The van der Waals surface area contributed by atoms with Crippen LogP contribution in [0.2, 0.25) is 0 Å². The zero-order valence-electron chi connectivity index (χ0n) is 24.0. The summed E-state index contributed by atoms with van der Waals surface area (Å²) in [5, 5.41) is 10.8. The molecule has 1 N–H and O–H groups in total. The summed E-state index contributed by atoms with van der Waals surface area (Å²) in [4.78, 5) is 24.5. The Labute approximate surface area is 218 Å². The smallest absolute Gasteiger partial charge is 0.303 e. The van der Waals surface area contributed by atoms with Crippen LogP contribution in [0.15, 0.2) is 0 Å². The lowest BCUT2D eigenvalue weighted by molar-refractivity contribution is -0.157. The van der Waals surface area contributed by atoms with Crippen molar-refractivity contribution in [1.29, 1.82) is 0 Å². The lowest BCUT2D eigenvalue weighted by Gasteiger charge is -2.60. The summed E-state index contributed by atoms with van der Waals surface area (Å²) >= 11 is 0. The van der Waals surface area contributed by atoms with E-state index >= 15 is 0 Å². The lowest BCUT2D eigenvalue weighted by atomic mass is 9.44. The number of Topliss-reactive ketones (excluding diaryl/α,β-unsaturated/α-hetero) is 1. The summed E-state index contributed by atoms with van der Waals surface area (Å²) in [7, 11) is 0. The Kier molecular flexibility index (Phi) is 6.13.